The summed E-state index contributed by atoms with van der Waals surface area (Å²) in [5, 5.41) is 0. The molecule has 17 heavy (non-hydrogen) atoms. The lowest BCUT2D eigenvalue weighted by Crippen LogP contribution is -2.48. The van der Waals surface area contributed by atoms with Crippen LogP contribution in [0.5, 0.6) is 0 Å². The van der Waals surface area contributed by atoms with Crippen molar-refractivity contribution in [3.8, 4) is 0 Å². The van der Waals surface area contributed by atoms with Crippen LogP contribution in [0.15, 0.2) is 30.3 Å². The summed E-state index contributed by atoms with van der Waals surface area (Å²) in [7, 11) is 0. The highest BCUT2D eigenvalue weighted by atomic mass is 16.9. The molecule has 5 heteroatoms. The van der Waals surface area contributed by atoms with Crippen molar-refractivity contribution >= 4 is 0 Å². The molecule has 2 aliphatic heterocycles. The Labute approximate surface area is 99.6 Å². The van der Waals surface area contributed by atoms with Gasteiger partial charge in [0.15, 0.2) is 0 Å². The lowest BCUT2D eigenvalue weighted by atomic mass is 10.2. The molecule has 2 bridgehead atoms. The van der Waals surface area contributed by atoms with Crippen LogP contribution in [0, 0.1) is 0 Å². The third kappa shape index (κ3) is 2.65. The first-order valence-corrected chi connectivity index (χ1v) is 5.72. The van der Waals surface area contributed by atoms with Crippen molar-refractivity contribution in [2.45, 2.75) is 25.2 Å². The second kappa shape index (κ2) is 5.12. The van der Waals surface area contributed by atoms with Gasteiger partial charge in [-0.25, -0.2) is 0 Å². The van der Waals surface area contributed by atoms with Gasteiger partial charge in [-0.05, 0) is 5.56 Å². The molecule has 0 radical (unpaired) electrons. The first-order chi connectivity index (χ1) is 8.42. The van der Waals surface area contributed by atoms with Gasteiger partial charge in [0, 0.05) is 0 Å². The van der Waals surface area contributed by atoms with E-state index in [0.29, 0.717) is 19.8 Å². The zero-order chi connectivity index (χ0) is 11.5. The fourth-order valence-electron chi connectivity index (χ4n) is 1.90. The lowest BCUT2D eigenvalue weighted by Gasteiger charge is -2.27. The molecular formula is C12H15NO4. The van der Waals surface area contributed by atoms with E-state index in [-0.39, 0.29) is 12.1 Å². The average molecular weight is 237 g/mol. The predicted molar refractivity (Wildman–Crippen MR) is 58.7 cm³/mol. The normalized spacial score (nSPS) is 31.6. The number of rotatable bonds is 4. The molecule has 3 rings (SSSR count). The molecule has 2 fully saturated rings. The van der Waals surface area contributed by atoms with Gasteiger partial charge in [-0.1, -0.05) is 30.3 Å². The Balaban J connectivity index is 1.45. The molecule has 1 aromatic carbocycles. The summed E-state index contributed by atoms with van der Waals surface area (Å²) in [4.78, 5) is 5.44. The quantitative estimate of drug-likeness (QED) is 0.785. The Morgan fingerprint density at radius 2 is 2.00 bits per heavy atom. The molecule has 5 nitrogen and oxygen atoms in total. The minimum absolute atomic E-state index is 0.0181. The van der Waals surface area contributed by atoms with Gasteiger partial charge in [0.2, 0.25) is 0 Å². The fraction of sp³-hybridized carbons (Fsp3) is 0.500. The Morgan fingerprint density at radius 1 is 1.18 bits per heavy atom. The van der Waals surface area contributed by atoms with Crippen molar-refractivity contribution in [3.63, 3.8) is 0 Å². The van der Waals surface area contributed by atoms with E-state index in [1.165, 1.54) is 0 Å². The van der Waals surface area contributed by atoms with E-state index in [1.807, 2.05) is 30.3 Å². The molecule has 2 heterocycles. The zero-order valence-corrected chi connectivity index (χ0v) is 9.37. The Morgan fingerprint density at radius 3 is 2.88 bits per heavy atom. The Hall–Kier alpha value is -0.980. The largest absolute Gasteiger partial charge is 0.328 e. The second-order valence-corrected chi connectivity index (χ2v) is 4.13. The van der Waals surface area contributed by atoms with Crippen LogP contribution in [-0.4, -0.2) is 31.8 Å². The molecule has 2 aliphatic rings. The molecule has 1 N–H and O–H groups in total. The molecule has 0 unspecified atom stereocenters. The molecule has 3 atom stereocenters. The molecule has 92 valence electrons. The summed E-state index contributed by atoms with van der Waals surface area (Å²) in [6.07, 6.45) is 0.0181. The highest BCUT2D eigenvalue weighted by Gasteiger charge is 2.38. The van der Waals surface area contributed by atoms with Crippen molar-refractivity contribution in [2.75, 3.05) is 13.2 Å². The van der Waals surface area contributed by atoms with E-state index >= 15 is 0 Å². The molecular weight excluding hydrogens is 222 g/mol. The number of hydrogen-bond donors (Lipinski definition) is 1. The van der Waals surface area contributed by atoms with Crippen LogP contribution in [0.25, 0.3) is 0 Å². The van der Waals surface area contributed by atoms with Gasteiger partial charge in [-0.15, -0.1) is 0 Å². The van der Waals surface area contributed by atoms with E-state index in [9.17, 15) is 0 Å². The molecule has 0 amide bonds. The summed E-state index contributed by atoms with van der Waals surface area (Å²) in [6.45, 7) is 1.14. The number of hydroxylamine groups is 1. The van der Waals surface area contributed by atoms with Crippen LogP contribution in [0.4, 0.5) is 0 Å². The minimum Gasteiger partial charge on any atom is -0.328 e. The standard InChI is InChI=1S/C12H15NO4/c1-2-4-9(5-3-1)6-16-13-10-7-14-12-15-8-11(10)17-12/h1-5,10-13H,6-8H2/t10-,11+,12+/m1/s1. The summed E-state index contributed by atoms with van der Waals surface area (Å²) in [5.41, 5.74) is 4.09. The molecule has 0 aliphatic carbocycles. The van der Waals surface area contributed by atoms with Crippen molar-refractivity contribution in [2.24, 2.45) is 0 Å². The van der Waals surface area contributed by atoms with E-state index in [1.54, 1.807) is 0 Å². The minimum atomic E-state index is -0.479. The third-order valence-corrected chi connectivity index (χ3v) is 2.86. The molecule has 0 aromatic heterocycles. The number of fused-ring (bicyclic) bond motifs is 2. The van der Waals surface area contributed by atoms with Gasteiger partial charge in [-0.2, -0.15) is 5.48 Å². The Kier molecular flexibility index (Phi) is 3.35. The van der Waals surface area contributed by atoms with Gasteiger partial charge in [0.05, 0.1) is 25.9 Å². The smallest absolute Gasteiger partial charge is 0.272 e. The predicted octanol–water partition coefficient (Wildman–Crippen LogP) is 0.806. The number of benzene rings is 1. The summed E-state index contributed by atoms with van der Waals surface area (Å²) in [6, 6.07) is 10.0. The second-order valence-electron chi connectivity index (χ2n) is 4.13. The lowest BCUT2D eigenvalue weighted by molar-refractivity contribution is -0.272. The summed E-state index contributed by atoms with van der Waals surface area (Å²) in [5.74, 6) is 0. The number of ether oxygens (including phenoxy) is 3. The van der Waals surface area contributed by atoms with Crippen LogP contribution in [-0.2, 0) is 25.7 Å². The van der Waals surface area contributed by atoms with Crippen LogP contribution < -0.4 is 5.48 Å². The first kappa shape index (κ1) is 11.1. The topological polar surface area (TPSA) is 49.0 Å². The maximum absolute atomic E-state index is 5.44. The average Bonchev–Trinajstić information content (AvgIpc) is 2.76. The van der Waals surface area contributed by atoms with E-state index in [4.69, 9.17) is 19.0 Å². The van der Waals surface area contributed by atoms with Crippen molar-refractivity contribution in [3.05, 3.63) is 35.9 Å². The summed E-state index contributed by atoms with van der Waals surface area (Å²) < 4.78 is 16.0. The van der Waals surface area contributed by atoms with Gasteiger partial charge in [0.25, 0.3) is 6.48 Å². The third-order valence-electron chi connectivity index (χ3n) is 2.86. The molecule has 2 saturated heterocycles. The zero-order valence-electron chi connectivity index (χ0n) is 9.37. The van der Waals surface area contributed by atoms with Gasteiger partial charge < -0.3 is 14.2 Å². The first-order valence-electron chi connectivity index (χ1n) is 5.72. The maximum Gasteiger partial charge on any atom is 0.272 e. The van der Waals surface area contributed by atoms with Gasteiger partial charge >= 0.3 is 0 Å². The number of hydrogen-bond acceptors (Lipinski definition) is 5. The van der Waals surface area contributed by atoms with Crippen LogP contribution in [0.2, 0.25) is 0 Å². The maximum atomic E-state index is 5.44. The molecule has 1 aromatic rings. The van der Waals surface area contributed by atoms with Crippen molar-refractivity contribution in [1.29, 1.82) is 0 Å². The van der Waals surface area contributed by atoms with Crippen molar-refractivity contribution < 1.29 is 19.0 Å². The monoisotopic (exact) mass is 237 g/mol. The summed E-state index contributed by atoms with van der Waals surface area (Å²) >= 11 is 0. The van der Waals surface area contributed by atoms with Crippen LogP contribution in [0.1, 0.15) is 5.56 Å². The van der Waals surface area contributed by atoms with Crippen molar-refractivity contribution in [1.82, 2.24) is 5.48 Å². The van der Waals surface area contributed by atoms with E-state index < -0.39 is 6.48 Å². The Bertz CT molecular complexity index is 359. The molecule has 0 spiro atoms. The van der Waals surface area contributed by atoms with Crippen LogP contribution >= 0.6 is 0 Å². The van der Waals surface area contributed by atoms with Gasteiger partial charge in [0.1, 0.15) is 6.10 Å². The van der Waals surface area contributed by atoms with E-state index in [2.05, 4.69) is 5.48 Å². The van der Waals surface area contributed by atoms with Gasteiger partial charge in [-0.3, -0.25) is 4.84 Å². The fourth-order valence-corrected chi connectivity index (χ4v) is 1.90. The molecule has 0 saturated carbocycles. The van der Waals surface area contributed by atoms with Crippen LogP contribution in [0.3, 0.4) is 0 Å². The highest BCUT2D eigenvalue weighted by molar-refractivity contribution is 5.13. The highest BCUT2D eigenvalue weighted by Crippen LogP contribution is 2.21. The van der Waals surface area contributed by atoms with E-state index in [0.717, 1.165) is 5.56 Å². The number of nitrogens with one attached hydrogen (secondary N) is 1. The SMILES string of the molecule is c1ccc(CON[C@@H]2CO[C@H]3OC[C@@H]2O3)cc1.